The Morgan fingerprint density at radius 2 is 1.36 bits per heavy atom. The second-order valence-corrected chi connectivity index (χ2v) is 8.28. The Morgan fingerprint density at radius 3 is 1.79 bits per heavy atom. The van der Waals surface area contributed by atoms with Crippen molar-refractivity contribution in [3.63, 3.8) is 0 Å². The molecule has 5 amide bonds. The molecular weight excluding hydrogens is 436 g/mol. The molecule has 0 rings (SSSR count). The summed E-state index contributed by atoms with van der Waals surface area (Å²) in [6.07, 6.45) is -0.260. The first-order valence-electron chi connectivity index (χ1n) is 10.7. The number of nitrogens with one attached hydrogen (secondary N) is 3. The standard InChI is InChI=1S/C20H36N6O7/c1-5-10(4)16(20(32)33)26-18(30)12(8-14(23)28)24-19(31)15(9(2)3)25-17(29)11(21)6-7-13(22)27/h9-12,15-16H,5-8,21H2,1-4H3,(H2,22,27)(H2,23,28)(H,24,31)(H,25,29)(H,26,30)(H,32,33). The lowest BCUT2D eigenvalue weighted by atomic mass is 9.98. The van der Waals surface area contributed by atoms with Crippen molar-refractivity contribution in [2.24, 2.45) is 29.0 Å². The highest BCUT2D eigenvalue weighted by Gasteiger charge is 2.33. The molecule has 0 aromatic carbocycles. The Kier molecular flexibility index (Phi) is 12.7. The minimum atomic E-state index is -1.46. The smallest absolute Gasteiger partial charge is 0.326 e. The van der Waals surface area contributed by atoms with Gasteiger partial charge in [0, 0.05) is 6.42 Å². The Labute approximate surface area is 192 Å². The van der Waals surface area contributed by atoms with Crippen LogP contribution >= 0.6 is 0 Å². The first-order valence-corrected chi connectivity index (χ1v) is 10.7. The zero-order chi connectivity index (χ0) is 25.9. The maximum Gasteiger partial charge on any atom is 0.326 e. The number of carbonyl (C=O) groups excluding carboxylic acids is 5. The molecule has 0 aliphatic heterocycles. The number of carbonyl (C=O) groups is 6. The summed E-state index contributed by atoms with van der Waals surface area (Å²) in [5.74, 6) is -6.05. The molecule has 10 N–H and O–H groups in total. The van der Waals surface area contributed by atoms with E-state index in [0.717, 1.165) is 0 Å². The van der Waals surface area contributed by atoms with E-state index in [4.69, 9.17) is 17.2 Å². The van der Waals surface area contributed by atoms with Crippen molar-refractivity contribution in [3.8, 4) is 0 Å². The molecule has 13 heteroatoms. The van der Waals surface area contributed by atoms with E-state index in [-0.39, 0.29) is 12.8 Å². The monoisotopic (exact) mass is 472 g/mol. The maximum atomic E-state index is 12.8. The lowest BCUT2D eigenvalue weighted by molar-refractivity contribution is -0.144. The number of carboxylic acid groups (broad SMARTS) is 1. The Balaban J connectivity index is 5.46. The molecule has 0 saturated heterocycles. The van der Waals surface area contributed by atoms with E-state index in [1.54, 1.807) is 27.7 Å². The molecule has 0 saturated carbocycles. The second-order valence-electron chi connectivity index (χ2n) is 8.28. The summed E-state index contributed by atoms with van der Waals surface area (Å²) < 4.78 is 0. The lowest BCUT2D eigenvalue weighted by Crippen LogP contribution is -2.59. The van der Waals surface area contributed by atoms with E-state index < -0.39 is 77.9 Å². The largest absolute Gasteiger partial charge is 0.480 e. The molecule has 0 bridgehead atoms. The fraction of sp³-hybridized carbons (Fsp3) is 0.700. The van der Waals surface area contributed by atoms with Gasteiger partial charge in [0.05, 0.1) is 12.5 Å². The van der Waals surface area contributed by atoms with Crippen LogP contribution in [0.1, 0.15) is 53.4 Å². The van der Waals surface area contributed by atoms with Gasteiger partial charge in [0.1, 0.15) is 18.1 Å². The highest BCUT2D eigenvalue weighted by molar-refractivity contribution is 5.96. The third-order valence-electron chi connectivity index (χ3n) is 5.10. The van der Waals surface area contributed by atoms with Crippen molar-refractivity contribution in [3.05, 3.63) is 0 Å². The van der Waals surface area contributed by atoms with Crippen LogP contribution in [0.25, 0.3) is 0 Å². The van der Waals surface area contributed by atoms with Gasteiger partial charge in [0.25, 0.3) is 0 Å². The predicted octanol–water partition coefficient (Wildman–Crippen LogP) is -2.30. The highest BCUT2D eigenvalue weighted by atomic mass is 16.4. The molecule has 0 heterocycles. The third kappa shape index (κ3) is 10.8. The summed E-state index contributed by atoms with van der Waals surface area (Å²) in [6.45, 7) is 6.64. The van der Waals surface area contributed by atoms with Crippen LogP contribution < -0.4 is 33.2 Å². The lowest BCUT2D eigenvalue weighted by Gasteiger charge is -2.27. The second kappa shape index (κ2) is 14.0. The third-order valence-corrected chi connectivity index (χ3v) is 5.10. The van der Waals surface area contributed by atoms with E-state index in [1.165, 1.54) is 0 Å². The topological polar surface area (TPSA) is 237 Å². The minimum Gasteiger partial charge on any atom is -0.480 e. The molecule has 0 aromatic rings. The number of carboxylic acids is 1. The molecule has 0 radical (unpaired) electrons. The molecule has 0 aromatic heterocycles. The molecule has 5 unspecified atom stereocenters. The summed E-state index contributed by atoms with van der Waals surface area (Å²) >= 11 is 0. The molecule has 0 aliphatic carbocycles. The minimum absolute atomic E-state index is 0.0213. The van der Waals surface area contributed by atoms with Crippen LogP contribution in [0.4, 0.5) is 0 Å². The van der Waals surface area contributed by atoms with Crippen molar-refractivity contribution in [2.75, 3.05) is 0 Å². The van der Waals surface area contributed by atoms with E-state index in [2.05, 4.69) is 16.0 Å². The normalized spacial score (nSPS) is 15.5. The average Bonchev–Trinajstić information content (AvgIpc) is 2.71. The number of nitrogens with two attached hydrogens (primary N) is 3. The van der Waals surface area contributed by atoms with Crippen molar-refractivity contribution < 1.29 is 33.9 Å². The number of hydrogen-bond acceptors (Lipinski definition) is 7. The molecular formula is C20H36N6O7. The van der Waals surface area contributed by atoms with E-state index in [9.17, 15) is 33.9 Å². The fourth-order valence-corrected chi connectivity index (χ4v) is 2.83. The van der Waals surface area contributed by atoms with Crippen molar-refractivity contribution in [2.45, 2.75) is 77.5 Å². The molecule has 0 aliphatic rings. The molecule has 13 nitrogen and oxygen atoms in total. The van der Waals surface area contributed by atoms with Gasteiger partial charge in [0.2, 0.25) is 29.5 Å². The molecule has 188 valence electrons. The van der Waals surface area contributed by atoms with Gasteiger partial charge < -0.3 is 38.3 Å². The van der Waals surface area contributed by atoms with Crippen molar-refractivity contribution >= 4 is 35.5 Å². The van der Waals surface area contributed by atoms with Crippen LogP contribution in [0.5, 0.6) is 0 Å². The predicted molar refractivity (Wildman–Crippen MR) is 118 cm³/mol. The number of primary amides is 2. The molecule has 5 atom stereocenters. The zero-order valence-corrected chi connectivity index (χ0v) is 19.4. The Bertz CT molecular complexity index is 742. The first kappa shape index (κ1) is 29.8. The summed E-state index contributed by atoms with van der Waals surface area (Å²) in [5, 5.41) is 16.5. The van der Waals surface area contributed by atoms with Crippen LogP contribution in [-0.4, -0.2) is 64.8 Å². The number of rotatable bonds is 15. The number of aliphatic carboxylic acids is 1. The Hall–Kier alpha value is -3.22. The summed E-state index contributed by atoms with van der Waals surface area (Å²) in [6, 6.07) is -4.92. The van der Waals surface area contributed by atoms with E-state index in [1.807, 2.05) is 0 Å². The van der Waals surface area contributed by atoms with Crippen LogP contribution in [0.3, 0.4) is 0 Å². The van der Waals surface area contributed by atoms with Gasteiger partial charge in [0.15, 0.2) is 0 Å². The Morgan fingerprint density at radius 1 is 0.818 bits per heavy atom. The van der Waals surface area contributed by atoms with Gasteiger partial charge in [-0.05, 0) is 18.3 Å². The quantitative estimate of drug-likeness (QED) is 0.136. The summed E-state index contributed by atoms with van der Waals surface area (Å²) in [5.41, 5.74) is 15.9. The van der Waals surface area contributed by atoms with Crippen LogP contribution in [0, 0.1) is 11.8 Å². The first-order chi connectivity index (χ1) is 15.2. The van der Waals surface area contributed by atoms with Crippen LogP contribution in [-0.2, 0) is 28.8 Å². The number of hydrogen-bond donors (Lipinski definition) is 7. The van der Waals surface area contributed by atoms with E-state index in [0.29, 0.717) is 6.42 Å². The molecule has 33 heavy (non-hydrogen) atoms. The van der Waals surface area contributed by atoms with Crippen molar-refractivity contribution in [1.82, 2.24) is 16.0 Å². The van der Waals surface area contributed by atoms with Crippen LogP contribution in [0.2, 0.25) is 0 Å². The average molecular weight is 473 g/mol. The zero-order valence-electron chi connectivity index (χ0n) is 19.4. The SMILES string of the molecule is CCC(C)C(NC(=O)C(CC(N)=O)NC(=O)C(NC(=O)C(N)CCC(N)=O)C(C)C)C(=O)O. The summed E-state index contributed by atoms with van der Waals surface area (Å²) in [4.78, 5) is 71.6. The van der Waals surface area contributed by atoms with Gasteiger partial charge >= 0.3 is 5.97 Å². The maximum absolute atomic E-state index is 12.8. The van der Waals surface area contributed by atoms with E-state index >= 15 is 0 Å². The summed E-state index contributed by atoms with van der Waals surface area (Å²) in [7, 11) is 0. The highest BCUT2D eigenvalue weighted by Crippen LogP contribution is 2.10. The van der Waals surface area contributed by atoms with Gasteiger partial charge in [-0.25, -0.2) is 4.79 Å². The van der Waals surface area contributed by atoms with Gasteiger partial charge in [-0.2, -0.15) is 0 Å². The van der Waals surface area contributed by atoms with Crippen LogP contribution in [0.15, 0.2) is 0 Å². The molecule has 0 fully saturated rings. The number of amides is 5. The molecule has 0 spiro atoms. The van der Waals surface area contributed by atoms with Gasteiger partial charge in [-0.3, -0.25) is 24.0 Å². The fourth-order valence-electron chi connectivity index (χ4n) is 2.83. The van der Waals surface area contributed by atoms with Gasteiger partial charge in [-0.1, -0.05) is 34.1 Å². The van der Waals surface area contributed by atoms with Gasteiger partial charge in [-0.15, -0.1) is 0 Å². The van der Waals surface area contributed by atoms with Crippen molar-refractivity contribution in [1.29, 1.82) is 0 Å².